The molecule has 2 aromatic heterocycles. The maximum atomic E-state index is 12.9. The van der Waals surface area contributed by atoms with Crippen LogP contribution in [0.25, 0.3) is 21.0 Å². The summed E-state index contributed by atoms with van der Waals surface area (Å²) in [6, 6.07) is 15.4. The summed E-state index contributed by atoms with van der Waals surface area (Å²) in [6.07, 6.45) is 0.913. The summed E-state index contributed by atoms with van der Waals surface area (Å²) in [7, 11) is -1.64. The average molecular weight is 506 g/mol. The van der Waals surface area contributed by atoms with Crippen molar-refractivity contribution in [2.24, 2.45) is 18.0 Å². The summed E-state index contributed by atoms with van der Waals surface area (Å²) in [5, 5.41) is 2.27. The number of fused-ring (bicyclic) bond motifs is 3. The number of hydrogen-bond acceptors (Lipinski definition) is 5. The Bertz CT molecular complexity index is 1510. The highest BCUT2D eigenvalue weighted by Crippen LogP contribution is 2.31. The highest BCUT2D eigenvalue weighted by molar-refractivity contribution is 7.91. The van der Waals surface area contributed by atoms with Gasteiger partial charge in [-0.2, -0.15) is 9.30 Å². The first-order valence-corrected chi connectivity index (χ1v) is 13.6. The Labute approximate surface area is 198 Å². The molecule has 2 aromatic carbocycles. The van der Waals surface area contributed by atoms with Crippen molar-refractivity contribution in [2.45, 2.75) is 17.1 Å². The predicted octanol–water partition coefficient (Wildman–Crippen LogP) is 4.64. The van der Waals surface area contributed by atoms with Crippen molar-refractivity contribution in [3.05, 3.63) is 57.7 Å². The van der Waals surface area contributed by atoms with Gasteiger partial charge in [-0.3, -0.25) is 4.79 Å². The second-order valence-electron chi connectivity index (χ2n) is 7.76. The monoisotopic (exact) mass is 505 g/mol. The molecule has 0 saturated carbocycles. The molecule has 0 spiro atoms. The Morgan fingerprint density at radius 1 is 1.06 bits per heavy atom. The van der Waals surface area contributed by atoms with Crippen molar-refractivity contribution >= 4 is 71.2 Å². The summed E-state index contributed by atoms with van der Waals surface area (Å²) in [6.45, 7) is 0.597. The summed E-state index contributed by atoms with van der Waals surface area (Å²) in [5.41, 5.74) is 1.06. The fourth-order valence-electron chi connectivity index (χ4n) is 4.12. The minimum atomic E-state index is -3.57. The van der Waals surface area contributed by atoms with Crippen molar-refractivity contribution in [1.29, 1.82) is 0 Å². The van der Waals surface area contributed by atoms with Crippen molar-refractivity contribution in [3.63, 3.8) is 0 Å². The molecule has 166 valence electrons. The number of sulfonamides is 1. The SMILES string of the molecule is Cn1c(=NC(=O)C2CCN(S(=O)(=O)c3ccc(Cl)s3)CC2)sc2ccc3ccccc3c21. The van der Waals surface area contributed by atoms with Crippen LogP contribution in [0, 0.1) is 5.92 Å². The number of hydrogen-bond donors (Lipinski definition) is 0. The van der Waals surface area contributed by atoms with Gasteiger partial charge in [0, 0.05) is 31.4 Å². The molecule has 0 bridgehead atoms. The molecule has 1 aliphatic rings. The molecule has 1 aliphatic heterocycles. The van der Waals surface area contributed by atoms with Crippen LogP contribution in [0.15, 0.2) is 57.7 Å². The smallest absolute Gasteiger partial charge is 0.252 e. The maximum absolute atomic E-state index is 12.9. The lowest BCUT2D eigenvalue weighted by molar-refractivity contribution is -0.122. The summed E-state index contributed by atoms with van der Waals surface area (Å²) < 4.78 is 30.7. The van der Waals surface area contributed by atoms with E-state index >= 15 is 0 Å². The van der Waals surface area contributed by atoms with Gasteiger partial charge in [-0.05, 0) is 36.4 Å². The fourth-order valence-corrected chi connectivity index (χ4v) is 8.26. The number of aromatic nitrogens is 1. The fraction of sp³-hybridized carbons (Fsp3) is 0.273. The van der Waals surface area contributed by atoms with Gasteiger partial charge in [0.15, 0.2) is 4.80 Å². The van der Waals surface area contributed by atoms with Crippen LogP contribution in [0.4, 0.5) is 0 Å². The van der Waals surface area contributed by atoms with E-state index in [0.717, 1.165) is 32.3 Å². The van der Waals surface area contributed by atoms with Gasteiger partial charge in [0.05, 0.1) is 14.6 Å². The van der Waals surface area contributed by atoms with E-state index in [1.807, 2.05) is 23.7 Å². The Kier molecular flexibility index (Phi) is 5.71. The molecule has 0 aliphatic carbocycles. The summed E-state index contributed by atoms with van der Waals surface area (Å²) in [5.74, 6) is -0.469. The lowest BCUT2D eigenvalue weighted by atomic mass is 9.98. The van der Waals surface area contributed by atoms with Gasteiger partial charge in [0.1, 0.15) is 4.21 Å². The quantitative estimate of drug-likeness (QED) is 0.407. The molecule has 1 fully saturated rings. The Balaban J connectivity index is 1.38. The number of nitrogens with zero attached hydrogens (tertiary/aromatic N) is 3. The van der Waals surface area contributed by atoms with E-state index in [9.17, 15) is 13.2 Å². The molecule has 10 heteroatoms. The van der Waals surface area contributed by atoms with Gasteiger partial charge in [-0.1, -0.05) is 53.3 Å². The second kappa shape index (κ2) is 8.39. The van der Waals surface area contributed by atoms with Gasteiger partial charge in [-0.15, -0.1) is 11.3 Å². The van der Waals surface area contributed by atoms with Gasteiger partial charge < -0.3 is 4.57 Å². The summed E-state index contributed by atoms with van der Waals surface area (Å²) in [4.78, 5) is 18.0. The molecule has 6 nitrogen and oxygen atoms in total. The van der Waals surface area contributed by atoms with Gasteiger partial charge >= 0.3 is 0 Å². The van der Waals surface area contributed by atoms with Gasteiger partial charge in [0.25, 0.3) is 15.9 Å². The third-order valence-corrected chi connectivity index (χ3v) is 10.5. The number of benzene rings is 2. The zero-order chi connectivity index (χ0) is 22.5. The number of rotatable bonds is 3. The predicted molar refractivity (Wildman–Crippen MR) is 130 cm³/mol. The average Bonchev–Trinajstić information content (AvgIpc) is 3.38. The second-order valence-corrected chi connectivity index (χ2v) is 12.7. The molecule has 0 radical (unpaired) electrons. The van der Waals surface area contributed by atoms with Crippen molar-refractivity contribution in [3.8, 4) is 0 Å². The highest BCUT2D eigenvalue weighted by Gasteiger charge is 2.33. The number of halogens is 1. The zero-order valence-corrected chi connectivity index (χ0v) is 20.4. The van der Waals surface area contributed by atoms with Crippen LogP contribution in [0.1, 0.15) is 12.8 Å². The Morgan fingerprint density at radius 3 is 2.53 bits per heavy atom. The molecular formula is C22H20ClN3O3S3. The van der Waals surface area contributed by atoms with Crippen LogP contribution in [0.2, 0.25) is 4.34 Å². The first kappa shape index (κ1) is 21.8. The standard InChI is InChI=1S/C22H20ClN3O3S3/c1-25-20-16-5-3-2-4-14(16)6-7-17(20)30-22(25)24-21(27)15-10-12-26(13-11-15)32(28,29)19-9-8-18(23)31-19/h2-9,15H,10-13H2,1H3. The third kappa shape index (κ3) is 3.82. The van der Waals surface area contributed by atoms with E-state index in [1.54, 1.807) is 6.07 Å². The maximum Gasteiger partial charge on any atom is 0.252 e. The van der Waals surface area contributed by atoms with Crippen LogP contribution >= 0.6 is 34.3 Å². The largest absolute Gasteiger partial charge is 0.319 e. The van der Waals surface area contributed by atoms with Crippen molar-refractivity contribution in [2.75, 3.05) is 13.1 Å². The van der Waals surface area contributed by atoms with Crippen LogP contribution in [0.5, 0.6) is 0 Å². The minimum absolute atomic E-state index is 0.187. The number of thiophene rings is 1. The lowest BCUT2D eigenvalue weighted by Gasteiger charge is -2.29. The summed E-state index contributed by atoms with van der Waals surface area (Å²) >= 11 is 8.44. The Morgan fingerprint density at radius 2 is 1.81 bits per heavy atom. The van der Waals surface area contributed by atoms with E-state index in [1.165, 1.54) is 21.7 Å². The minimum Gasteiger partial charge on any atom is -0.319 e. The van der Waals surface area contributed by atoms with Crippen LogP contribution in [-0.2, 0) is 21.9 Å². The molecule has 5 rings (SSSR count). The van der Waals surface area contributed by atoms with Gasteiger partial charge in [-0.25, -0.2) is 8.42 Å². The van der Waals surface area contributed by atoms with E-state index in [0.29, 0.717) is 35.1 Å². The molecular weight excluding hydrogens is 486 g/mol. The Hall–Kier alpha value is -2.04. The van der Waals surface area contributed by atoms with E-state index < -0.39 is 10.0 Å². The molecule has 0 N–H and O–H groups in total. The number of amides is 1. The number of carbonyl (C=O) groups excluding carboxylic acids is 1. The normalized spacial score (nSPS) is 16.9. The third-order valence-electron chi connectivity index (χ3n) is 5.84. The topological polar surface area (TPSA) is 71.7 Å². The first-order chi connectivity index (χ1) is 15.3. The lowest BCUT2D eigenvalue weighted by Crippen LogP contribution is -2.40. The number of aryl methyl sites for hydroxylation is 1. The highest BCUT2D eigenvalue weighted by atomic mass is 35.5. The molecule has 0 unspecified atom stereocenters. The number of thiazole rings is 1. The van der Waals surface area contributed by atoms with Crippen molar-refractivity contribution in [1.82, 2.24) is 8.87 Å². The molecule has 32 heavy (non-hydrogen) atoms. The van der Waals surface area contributed by atoms with Crippen LogP contribution < -0.4 is 4.80 Å². The van der Waals surface area contributed by atoms with E-state index in [2.05, 4.69) is 29.3 Å². The first-order valence-electron chi connectivity index (χ1n) is 10.2. The van der Waals surface area contributed by atoms with Crippen LogP contribution in [-0.4, -0.2) is 36.3 Å². The molecule has 1 amide bonds. The number of piperidine rings is 1. The van der Waals surface area contributed by atoms with Crippen LogP contribution in [0.3, 0.4) is 0 Å². The molecule has 0 atom stereocenters. The zero-order valence-electron chi connectivity index (χ0n) is 17.2. The van der Waals surface area contributed by atoms with E-state index in [-0.39, 0.29) is 16.0 Å². The molecule has 3 heterocycles. The molecule has 1 saturated heterocycles. The van der Waals surface area contributed by atoms with E-state index in [4.69, 9.17) is 11.6 Å². The molecule has 4 aromatic rings. The van der Waals surface area contributed by atoms with Crippen molar-refractivity contribution < 1.29 is 13.2 Å². The number of carbonyl (C=O) groups is 1. The van der Waals surface area contributed by atoms with Gasteiger partial charge in [0.2, 0.25) is 0 Å².